The number of benzene rings is 1. The van der Waals surface area contributed by atoms with Crippen LogP contribution >= 0.6 is 11.3 Å². The van der Waals surface area contributed by atoms with Gasteiger partial charge in [-0.2, -0.15) is 5.26 Å². The first-order valence-corrected chi connectivity index (χ1v) is 8.97. The Hall–Kier alpha value is -2.96. The number of anilines is 1. The van der Waals surface area contributed by atoms with Crippen molar-refractivity contribution in [1.29, 1.82) is 5.26 Å². The molecule has 0 radical (unpaired) electrons. The van der Waals surface area contributed by atoms with Gasteiger partial charge in [-0.15, -0.1) is 10.2 Å². The van der Waals surface area contributed by atoms with Crippen LogP contribution in [0.4, 0.5) is 5.13 Å². The van der Waals surface area contributed by atoms with Crippen LogP contribution in [0.3, 0.4) is 0 Å². The van der Waals surface area contributed by atoms with Crippen molar-refractivity contribution in [3.8, 4) is 17.6 Å². The zero-order valence-electron chi connectivity index (χ0n) is 15.3. The van der Waals surface area contributed by atoms with Crippen molar-refractivity contribution in [2.45, 2.75) is 13.3 Å². The van der Waals surface area contributed by atoms with Crippen LogP contribution in [0.15, 0.2) is 23.8 Å². The Kier molecular flexibility index (Phi) is 7.28. The molecule has 0 fully saturated rings. The highest BCUT2D eigenvalue weighted by Crippen LogP contribution is 2.28. The molecule has 1 amide bonds. The molecule has 2 aromatic rings. The van der Waals surface area contributed by atoms with Crippen molar-refractivity contribution in [3.63, 3.8) is 0 Å². The van der Waals surface area contributed by atoms with Gasteiger partial charge in [0, 0.05) is 7.11 Å². The molecule has 0 aliphatic carbocycles. The molecular formula is C18H20N4O4S. The zero-order chi connectivity index (χ0) is 19.8. The fourth-order valence-electron chi connectivity index (χ4n) is 2.20. The van der Waals surface area contributed by atoms with E-state index >= 15 is 0 Å². The van der Waals surface area contributed by atoms with E-state index in [1.807, 2.05) is 13.0 Å². The minimum atomic E-state index is -0.500. The van der Waals surface area contributed by atoms with Gasteiger partial charge >= 0.3 is 0 Å². The van der Waals surface area contributed by atoms with E-state index in [0.717, 1.165) is 5.01 Å². The molecule has 0 atom stereocenters. The molecular weight excluding hydrogens is 368 g/mol. The van der Waals surface area contributed by atoms with Gasteiger partial charge in [-0.25, -0.2) is 0 Å². The number of nitrogens with zero attached hydrogens (tertiary/aromatic N) is 4. The molecule has 1 aromatic carbocycles. The van der Waals surface area contributed by atoms with Gasteiger partial charge in [0.15, 0.2) is 11.5 Å². The van der Waals surface area contributed by atoms with Crippen LogP contribution in [0.25, 0.3) is 6.08 Å². The van der Waals surface area contributed by atoms with E-state index in [-0.39, 0.29) is 23.6 Å². The summed E-state index contributed by atoms with van der Waals surface area (Å²) in [5.74, 6) is -0.274. The van der Waals surface area contributed by atoms with Gasteiger partial charge in [0.2, 0.25) is 5.13 Å². The molecule has 1 heterocycles. The first-order valence-electron chi connectivity index (χ1n) is 8.16. The number of aryl methyl sites for hydroxylation is 1. The lowest BCUT2D eigenvalue weighted by molar-refractivity contribution is -0.114. The monoisotopic (exact) mass is 388 g/mol. The smallest absolute Gasteiger partial charge is 0.270 e. The second kappa shape index (κ2) is 9.66. The maximum atomic E-state index is 12.9. The van der Waals surface area contributed by atoms with Crippen LogP contribution in [-0.2, 0) is 16.0 Å². The highest BCUT2D eigenvalue weighted by Gasteiger charge is 2.23. The van der Waals surface area contributed by atoms with Crippen molar-refractivity contribution in [3.05, 3.63) is 34.3 Å². The molecule has 1 aromatic heterocycles. The second-order valence-electron chi connectivity index (χ2n) is 5.38. The molecule has 8 nitrogen and oxygen atoms in total. The number of aromatic nitrogens is 2. The van der Waals surface area contributed by atoms with Crippen LogP contribution in [0.5, 0.6) is 11.5 Å². The molecule has 0 unspecified atom stereocenters. The van der Waals surface area contributed by atoms with Gasteiger partial charge < -0.3 is 14.6 Å². The topological polar surface area (TPSA) is 109 Å². The lowest BCUT2D eigenvalue weighted by Gasteiger charge is -2.18. The number of ether oxygens (including phenoxy) is 2. The molecule has 9 heteroatoms. The minimum Gasteiger partial charge on any atom is -0.504 e. The Bertz CT molecular complexity index is 872. The van der Waals surface area contributed by atoms with Crippen molar-refractivity contribution in [1.82, 2.24) is 10.2 Å². The SMILES string of the molecule is CCc1nnc(N(CCOC)C(=O)C(C#N)=Cc2ccc(O)c(OC)c2)s1. The van der Waals surface area contributed by atoms with Gasteiger partial charge in [-0.05, 0) is 30.2 Å². The van der Waals surface area contributed by atoms with Crippen LogP contribution in [0.2, 0.25) is 0 Å². The molecule has 0 saturated carbocycles. The number of aromatic hydroxyl groups is 1. The summed E-state index contributed by atoms with van der Waals surface area (Å²) in [5, 5.41) is 28.5. The largest absolute Gasteiger partial charge is 0.504 e. The molecule has 0 spiro atoms. The summed E-state index contributed by atoms with van der Waals surface area (Å²) in [7, 11) is 2.95. The van der Waals surface area contributed by atoms with Gasteiger partial charge in [0.05, 0.1) is 20.3 Å². The molecule has 0 saturated heterocycles. The van der Waals surface area contributed by atoms with Gasteiger partial charge in [0.25, 0.3) is 5.91 Å². The summed E-state index contributed by atoms with van der Waals surface area (Å²) in [4.78, 5) is 14.3. The number of methoxy groups -OCH3 is 2. The lowest BCUT2D eigenvalue weighted by Crippen LogP contribution is -2.34. The number of rotatable bonds is 8. The zero-order valence-corrected chi connectivity index (χ0v) is 16.1. The maximum Gasteiger partial charge on any atom is 0.270 e. The molecule has 2 rings (SSSR count). The number of hydrogen-bond donors (Lipinski definition) is 1. The quantitative estimate of drug-likeness (QED) is 0.546. The third kappa shape index (κ3) is 5.03. The van der Waals surface area contributed by atoms with Crippen molar-refractivity contribution in [2.75, 3.05) is 32.3 Å². The molecule has 27 heavy (non-hydrogen) atoms. The molecule has 0 aliphatic heterocycles. The van der Waals surface area contributed by atoms with Gasteiger partial charge in [-0.1, -0.05) is 24.3 Å². The first-order chi connectivity index (χ1) is 13.0. The highest BCUT2D eigenvalue weighted by molar-refractivity contribution is 7.15. The normalized spacial score (nSPS) is 11.1. The minimum absolute atomic E-state index is 0.0258. The number of phenolic OH excluding ortho intramolecular Hbond substituents is 1. The summed E-state index contributed by atoms with van der Waals surface area (Å²) in [6, 6.07) is 6.49. The Labute approximate surface area is 161 Å². The summed E-state index contributed by atoms with van der Waals surface area (Å²) in [5.41, 5.74) is 0.472. The third-order valence-electron chi connectivity index (χ3n) is 3.62. The number of amides is 1. The lowest BCUT2D eigenvalue weighted by atomic mass is 10.1. The van der Waals surface area contributed by atoms with Crippen molar-refractivity contribution in [2.24, 2.45) is 0 Å². The third-order valence-corrected chi connectivity index (χ3v) is 4.71. The van der Waals surface area contributed by atoms with E-state index in [1.165, 1.54) is 42.6 Å². The van der Waals surface area contributed by atoms with E-state index in [4.69, 9.17) is 9.47 Å². The average molecular weight is 388 g/mol. The number of phenols is 1. The molecule has 1 N–H and O–H groups in total. The van der Waals surface area contributed by atoms with E-state index in [2.05, 4.69) is 10.2 Å². The first kappa shape index (κ1) is 20.4. The predicted molar refractivity (Wildman–Crippen MR) is 102 cm³/mol. The van der Waals surface area contributed by atoms with Crippen LogP contribution < -0.4 is 9.64 Å². The van der Waals surface area contributed by atoms with E-state index in [1.54, 1.807) is 12.1 Å². The van der Waals surface area contributed by atoms with Crippen LogP contribution in [0, 0.1) is 11.3 Å². The highest BCUT2D eigenvalue weighted by atomic mass is 32.1. The molecule has 142 valence electrons. The Morgan fingerprint density at radius 1 is 1.41 bits per heavy atom. The Morgan fingerprint density at radius 2 is 2.19 bits per heavy atom. The number of hydrogen-bond acceptors (Lipinski definition) is 8. The number of carbonyl (C=O) groups excluding carboxylic acids is 1. The van der Waals surface area contributed by atoms with E-state index in [0.29, 0.717) is 23.7 Å². The average Bonchev–Trinajstić information content (AvgIpc) is 3.16. The predicted octanol–water partition coefficient (Wildman–Crippen LogP) is 2.40. The van der Waals surface area contributed by atoms with E-state index < -0.39 is 5.91 Å². The van der Waals surface area contributed by atoms with E-state index in [9.17, 15) is 15.2 Å². The maximum absolute atomic E-state index is 12.9. The molecule has 0 bridgehead atoms. The number of nitriles is 1. The Balaban J connectivity index is 2.36. The van der Waals surface area contributed by atoms with Crippen molar-refractivity contribution < 1.29 is 19.4 Å². The second-order valence-corrected chi connectivity index (χ2v) is 6.42. The molecule has 0 aliphatic rings. The summed E-state index contributed by atoms with van der Waals surface area (Å²) >= 11 is 1.30. The summed E-state index contributed by atoms with van der Waals surface area (Å²) in [6.45, 7) is 2.48. The van der Waals surface area contributed by atoms with Gasteiger partial charge in [-0.3, -0.25) is 9.69 Å². The van der Waals surface area contributed by atoms with Gasteiger partial charge in [0.1, 0.15) is 16.6 Å². The van der Waals surface area contributed by atoms with Crippen molar-refractivity contribution >= 4 is 28.5 Å². The Morgan fingerprint density at radius 3 is 2.78 bits per heavy atom. The van der Waals surface area contributed by atoms with Crippen LogP contribution in [-0.4, -0.2) is 48.6 Å². The summed E-state index contributed by atoms with van der Waals surface area (Å²) in [6.07, 6.45) is 2.14. The number of carbonyl (C=O) groups is 1. The summed E-state index contributed by atoms with van der Waals surface area (Å²) < 4.78 is 10.1. The fraction of sp³-hybridized carbons (Fsp3) is 0.333. The van der Waals surface area contributed by atoms with Crippen LogP contribution in [0.1, 0.15) is 17.5 Å². The fourth-order valence-corrected chi connectivity index (χ4v) is 3.00. The standard InChI is InChI=1S/C18H20N4O4S/c1-4-16-20-21-18(27-16)22(7-8-25-2)17(24)13(11-19)9-12-5-6-14(23)15(10-12)26-3/h5-6,9-10,23H,4,7-8H2,1-3H3.